The van der Waals surface area contributed by atoms with Crippen LogP contribution in [0, 0.1) is 25.7 Å². The van der Waals surface area contributed by atoms with Gasteiger partial charge in [0.1, 0.15) is 5.75 Å². The van der Waals surface area contributed by atoms with Crippen LogP contribution in [0.15, 0.2) is 54.9 Å². The van der Waals surface area contributed by atoms with Gasteiger partial charge in [-0.2, -0.15) is 5.10 Å². The van der Waals surface area contributed by atoms with E-state index in [0.717, 1.165) is 80.6 Å². The van der Waals surface area contributed by atoms with Gasteiger partial charge in [0.05, 0.1) is 19.0 Å². The van der Waals surface area contributed by atoms with Crippen molar-refractivity contribution in [3.05, 3.63) is 71.5 Å². The van der Waals surface area contributed by atoms with E-state index in [2.05, 4.69) is 100 Å². The molecule has 2 aromatic carbocycles. The Morgan fingerprint density at radius 2 is 1.69 bits per heavy atom. The average molecular weight is 630 g/mol. The number of aryl methyl sites for hydroxylation is 2. The van der Waals surface area contributed by atoms with Gasteiger partial charge in [0.15, 0.2) is 8.32 Å². The van der Waals surface area contributed by atoms with E-state index in [4.69, 9.17) is 9.16 Å². The van der Waals surface area contributed by atoms with Crippen molar-refractivity contribution >= 4 is 19.9 Å². The maximum absolute atomic E-state index is 14.4. The maximum Gasteiger partial charge on any atom is 0.230 e. The summed E-state index contributed by atoms with van der Waals surface area (Å²) in [6.45, 7) is 16.5. The van der Waals surface area contributed by atoms with Crippen molar-refractivity contribution < 1.29 is 14.0 Å². The standard InChI is InChI=1S/C38H55N3O3Si/c1-27-24-39-41(25-27)34-11-9-10-33(23-34)40(37(42)31-16-19-35(20-17-31)44-45(7,8)38(3,4)5)26-29-12-14-30(15-13-29)32-18-21-36(43-6)28(2)22-32/h9-11,18,21-25,29-31,35H,12-17,19-20,26H2,1-8H3. The molecule has 2 aliphatic carbocycles. The minimum Gasteiger partial charge on any atom is -0.496 e. The number of nitrogens with zero attached hydrogens (tertiary/aromatic N) is 3. The summed E-state index contributed by atoms with van der Waals surface area (Å²) in [4.78, 5) is 16.5. The highest BCUT2D eigenvalue weighted by Gasteiger charge is 2.41. The fourth-order valence-electron chi connectivity index (χ4n) is 7.01. The largest absolute Gasteiger partial charge is 0.496 e. The molecule has 1 aromatic heterocycles. The van der Waals surface area contributed by atoms with Gasteiger partial charge >= 0.3 is 0 Å². The first kappa shape index (κ1) is 33.5. The highest BCUT2D eigenvalue weighted by atomic mass is 28.4. The van der Waals surface area contributed by atoms with E-state index in [1.807, 2.05) is 17.1 Å². The van der Waals surface area contributed by atoms with Crippen LogP contribution in [0.4, 0.5) is 5.69 Å². The van der Waals surface area contributed by atoms with Gasteiger partial charge in [-0.05, 0) is 136 Å². The number of hydrogen-bond donors (Lipinski definition) is 0. The molecule has 6 nitrogen and oxygen atoms in total. The molecule has 2 fully saturated rings. The monoisotopic (exact) mass is 629 g/mol. The molecule has 45 heavy (non-hydrogen) atoms. The summed E-state index contributed by atoms with van der Waals surface area (Å²) in [7, 11) is -0.0936. The predicted molar refractivity (Wildman–Crippen MR) is 187 cm³/mol. The van der Waals surface area contributed by atoms with Crippen molar-refractivity contribution in [2.45, 2.75) is 116 Å². The number of rotatable bonds is 9. The maximum atomic E-state index is 14.4. The first-order valence-electron chi connectivity index (χ1n) is 17.1. The first-order chi connectivity index (χ1) is 21.3. The second-order valence-electron chi connectivity index (χ2n) is 15.2. The topological polar surface area (TPSA) is 56.6 Å². The summed E-state index contributed by atoms with van der Waals surface area (Å²) in [5.74, 6) is 2.33. The van der Waals surface area contributed by atoms with Gasteiger partial charge < -0.3 is 14.1 Å². The van der Waals surface area contributed by atoms with Crippen molar-refractivity contribution in [1.29, 1.82) is 0 Å². The van der Waals surface area contributed by atoms with Gasteiger partial charge in [0, 0.05) is 30.5 Å². The lowest BCUT2D eigenvalue weighted by atomic mass is 9.78. The molecule has 1 amide bonds. The molecule has 0 saturated heterocycles. The number of methoxy groups -OCH3 is 1. The van der Waals surface area contributed by atoms with E-state index in [0.29, 0.717) is 11.8 Å². The van der Waals surface area contributed by atoms with Crippen molar-refractivity contribution in [1.82, 2.24) is 9.78 Å². The number of ether oxygens (including phenoxy) is 1. The average Bonchev–Trinajstić information content (AvgIpc) is 3.46. The van der Waals surface area contributed by atoms with Gasteiger partial charge in [-0.25, -0.2) is 4.68 Å². The fraction of sp³-hybridized carbons (Fsp3) is 0.579. The zero-order chi connectivity index (χ0) is 32.4. The lowest BCUT2D eigenvalue weighted by Gasteiger charge is -2.41. The van der Waals surface area contributed by atoms with Crippen LogP contribution < -0.4 is 9.64 Å². The van der Waals surface area contributed by atoms with E-state index in [-0.39, 0.29) is 23.0 Å². The van der Waals surface area contributed by atoms with E-state index >= 15 is 0 Å². The summed E-state index contributed by atoms with van der Waals surface area (Å²) in [5.41, 5.74) is 5.71. The zero-order valence-electron chi connectivity index (χ0n) is 28.9. The van der Waals surface area contributed by atoms with Gasteiger partial charge in [0.25, 0.3) is 0 Å². The summed E-state index contributed by atoms with van der Waals surface area (Å²) < 4.78 is 14.2. The van der Waals surface area contributed by atoms with E-state index in [1.165, 1.54) is 11.1 Å². The van der Waals surface area contributed by atoms with Crippen LogP contribution >= 0.6 is 0 Å². The number of amides is 1. The quantitative estimate of drug-likeness (QED) is 0.221. The molecular weight excluding hydrogens is 575 g/mol. The molecule has 0 aliphatic heterocycles. The number of carbonyl (C=O) groups excluding carboxylic acids is 1. The Morgan fingerprint density at radius 3 is 2.29 bits per heavy atom. The van der Waals surface area contributed by atoms with Crippen LogP contribution in [0.2, 0.25) is 18.1 Å². The molecule has 5 rings (SSSR count). The van der Waals surface area contributed by atoms with Gasteiger partial charge in [-0.15, -0.1) is 0 Å². The van der Waals surface area contributed by atoms with Crippen LogP contribution in [0.25, 0.3) is 5.69 Å². The summed E-state index contributed by atoms with van der Waals surface area (Å²) in [6, 6.07) is 15.0. The fourth-order valence-corrected chi connectivity index (χ4v) is 8.44. The highest BCUT2D eigenvalue weighted by Crippen LogP contribution is 2.41. The molecule has 7 heteroatoms. The van der Waals surface area contributed by atoms with Crippen molar-refractivity contribution in [3.8, 4) is 11.4 Å². The molecule has 0 atom stereocenters. The lowest BCUT2D eigenvalue weighted by molar-refractivity contribution is -0.124. The Labute approximate surface area is 272 Å². The van der Waals surface area contributed by atoms with E-state index < -0.39 is 8.32 Å². The third-order valence-corrected chi connectivity index (χ3v) is 15.4. The highest BCUT2D eigenvalue weighted by molar-refractivity contribution is 6.74. The number of carbonyl (C=O) groups is 1. The van der Waals surface area contributed by atoms with Crippen LogP contribution in [-0.2, 0) is 9.22 Å². The molecule has 0 N–H and O–H groups in total. The number of hydrogen-bond acceptors (Lipinski definition) is 4. The van der Waals surface area contributed by atoms with E-state index in [1.54, 1.807) is 7.11 Å². The third kappa shape index (κ3) is 7.91. The number of benzene rings is 2. The summed E-state index contributed by atoms with van der Waals surface area (Å²) >= 11 is 0. The lowest BCUT2D eigenvalue weighted by Crippen LogP contribution is -2.46. The molecule has 0 bridgehead atoms. The molecule has 3 aromatic rings. The number of aromatic nitrogens is 2. The molecule has 0 spiro atoms. The molecular formula is C38H55N3O3Si. The second-order valence-corrected chi connectivity index (χ2v) is 20.0. The second kappa shape index (κ2) is 13.8. The van der Waals surface area contributed by atoms with E-state index in [9.17, 15) is 4.79 Å². The Morgan fingerprint density at radius 1 is 0.978 bits per heavy atom. The smallest absolute Gasteiger partial charge is 0.230 e. The Hall–Kier alpha value is -2.90. The van der Waals surface area contributed by atoms with Crippen LogP contribution in [-0.4, -0.2) is 43.8 Å². The Balaban J connectivity index is 1.30. The summed E-state index contributed by atoms with van der Waals surface area (Å²) in [6.07, 6.45) is 12.5. The van der Waals surface area contributed by atoms with Gasteiger partial charge in [-0.1, -0.05) is 39.0 Å². The van der Waals surface area contributed by atoms with Crippen molar-refractivity contribution in [2.24, 2.45) is 11.8 Å². The minimum atomic E-state index is -1.83. The minimum absolute atomic E-state index is 0.0403. The normalized spacial score (nSPS) is 22.7. The van der Waals surface area contributed by atoms with Gasteiger partial charge in [0.2, 0.25) is 5.91 Å². The van der Waals surface area contributed by atoms with Crippen LogP contribution in [0.5, 0.6) is 5.75 Å². The van der Waals surface area contributed by atoms with Crippen LogP contribution in [0.1, 0.15) is 94.7 Å². The van der Waals surface area contributed by atoms with Crippen LogP contribution in [0.3, 0.4) is 0 Å². The third-order valence-electron chi connectivity index (χ3n) is 10.9. The molecule has 1 heterocycles. The number of anilines is 1. The SMILES string of the molecule is COc1ccc(C2CCC(CN(C(=O)C3CCC(O[Si](C)(C)C(C)(C)C)CC3)c3cccc(-n4cc(C)cn4)c3)CC2)cc1C. The molecule has 0 unspecified atom stereocenters. The molecule has 244 valence electrons. The molecule has 2 saturated carbocycles. The molecule has 2 aliphatic rings. The summed E-state index contributed by atoms with van der Waals surface area (Å²) in [5, 5.41) is 4.73. The van der Waals surface area contributed by atoms with Crippen molar-refractivity contribution in [2.75, 3.05) is 18.6 Å². The molecule has 0 radical (unpaired) electrons. The van der Waals surface area contributed by atoms with Gasteiger partial charge in [-0.3, -0.25) is 4.79 Å². The van der Waals surface area contributed by atoms with Crippen molar-refractivity contribution in [3.63, 3.8) is 0 Å². The Kier molecular flexibility index (Phi) is 10.3. The Bertz CT molecular complexity index is 1440. The predicted octanol–water partition coefficient (Wildman–Crippen LogP) is 9.39. The first-order valence-corrected chi connectivity index (χ1v) is 20.0. The zero-order valence-corrected chi connectivity index (χ0v) is 29.9.